The second-order valence-electron chi connectivity index (χ2n) is 5.05. The van der Waals surface area contributed by atoms with Crippen LogP contribution in [0.4, 0.5) is 8.78 Å². The molecule has 1 aliphatic heterocycles. The van der Waals surface area contributed by atoms with E-state index in [1.54, 1.807) is 0 Å². The van der Waals surface area contributed by atoms with Crippen molar-refractivity contribution in [2.75, 3.05) is 13.2 Å². The van der Waals surface area contributed by atoms with Crippen LogP contribution in [0.3, 0.4) is 0 Å². The van der Waals surface area contributed by atoms with Crippen LogP contribution >= 0.6 is 0 Å². The van der Waals surface area contributed by atoms with Crippen LogP contribution in [0.2, 0.25) is 0 Å². The Bertz CT molecular complexity index is 690. The summed E-state index contributed by atoms with van der Waals surface area (Å²) >= 11 is 0. The monoisotopic (exact) mass is 323 g/mol. The van der Waals surface area contributed by atoms with E-state index in [4.69, 9.17) is 9.47 Å². The summed E-state index contributed by atoms with van der Waals surface area (Å²) in [6, 6.07) is 8.39. The van der Waals surface area contributed by atoms with Gasteiger partial charge in [-0.3, -0.25) is 9.89 Å². The van der Waals surface area contributed by atoms with Crippen molar-refractivity contribution in [2.24, 2.45) is 0 Å². The van der Waals surface area contributed by atoms with E-state index < -0.39 is 12.3 Å². The zero-order valence-corrected chi connectivity index (χ0v) is 12.1. The van der Waals surface area contributed by atoms with Crippen molar-refractivity contribution in [3.8, 4) is 11.5 Å². The van der Waals surface area contributed by atoms with Gasteiger partial charge in [0.15, 0.2) is 11.5 Å². The number of para-hydroxylation sites is 2. The number of halogens is 2. The molecule has 0 spiro atoms. The first-order valence-corrected chi connectivity index (χ1v) is 7.13. The Hall–Kier alpha value is -2.64. The van der Waals surface area contributed by atoms with Crippen LogP contribution in [0.15, 0.2) is 30.3 Å². The maximum absolute atomic E-state index is 12.4. The van der Waals surface area contributed by atoms with Crippen LogP contribution in [0, 0.1) is 0 Å². The van der Waals surface area contributed by atoms with Crippen molar-refractivity contribution < 1.29 is 23.0 Å². The average Bonchev–Trinajstić information content (AvgIpc) is 3.05. The number of alkyl halides is 2. The zero-order chi connectivity index (χ0) is 16.2. The van der Waals surface area contributed by atoms with Crippen LogP contribution in [-0.4, -0.2) is 35.4 Å². The minimum absolute atomic E-state index is 0.0635. The lowest BCUT2D eigenvalue weighted by Crippen LogP contribution is -2.34. The smallest absolute Gasteiger partial charge is 0.279 e. The molecule has 2 N–H and O–H groups in total. The van der Waals surface area contributed by atoms with Gasteiger partial charge in [-0.05, 0) is 18.2 Å². The van der Waals surface area contributed by atoms with E-state index in [0.29, 0.717) is 31.1 Å². The molecule has 122 valence electrons. The number of amides is 1. The van der Waals surface area contributed by atoms with Crippen LogP contribution in [0.25, 0.3) is 0 Å². The van der Waals surface area contributed by atoms with Gasteiger partial charge in [-0.25, -0.2) is 8.78 Å². The lowest BCUT2D eigenvalue weighted by atomic mass is 10.2. The molecule has 6 nitrogen and oxygen atoms in total. The number of fused-ring (bicyclic) bond motifs is 1. The van der Waals surface area contributed by atoms with E-state index in [2.05, 4.69) is 15.5 Å². The topological polar surface area (TPSA) is 76.2 Å². The molecule has 0 saturated carbocycles. The third-order valence-electron chi connectivity index (χ3n) is 3.38. The summed E-state index contributed by atoms with van der Waals surface area (Å²) in [5, 5.41) is 8.31. The normalized spacial score (nSPS) is 16.4. The van der Waals surface area contributed by atoms with E-state index in [-0.39, 0.29) is 17.5 Å². The number of H-pyrrole nitrogens is 1. The van der Waals surface area contributed by atoms with Gasteiger partial charge >= 0.3 is 0 Å². The van der Waals surface area contributed by atoms with Gasteiger partial charge in [-0.1, -0.05) is 12.1 Å². The van der Waals surface area contributed by atoms with Crippen molar-refractivity contribution >= 4 is 5.91 Å². The van der Waals surface area contributed by atoms with E-state index in [1.165, 1.54) is 0 Å². The number of aromatic nitrogens is 2. The van der Waals surface area contributed by atoms with Gasteiger partial charge in [0.05, 0.1) is 0 Å². The standard InChI is InChI=1S/C15H15F2N3O3/c16-14(17)10-7-11(20-19-10)15(21)18-6-5-9-8-22-12-3-1-2-4-13(12)23-9/h1-4,7,9,14H,5-6,8H2,(H,18,21)(H,19,20)/t9-/m1/s1. The fourth-order valence-electron chi connectivity index (χ4n) is 2.21. The molecule has 1 aromatic carbocycles. The Morgan fingerprint density at radius 2 is 2.17 bits per heavy atom. The van der Waals surface area contributed by atoms with Crippen LogP contribution in [0.1, 0.15) is 29.0 Å². The predicted octanol–water partition coefficient (Wildman–Crippen LogP) is 2.31. The first-order valence-electron chi connectivity index (χ1n) is 7.13. The maximum Gasteiger partial charge on any atom is 0.279 e. The Labute approximate surface area is 130 Å². The highest BCUT2D eigenvalue weighted by atomic mass is 19.3. The minimum Gasteiger partial charge on any atom is -0.486 e. The van der Waals surface area contributed by atoms with E-state index >= 15 is 0 Å². The molecule has 3 rings (SSSR count). The number of nitrogens with one attached hydrogen (secondary N) is 2. The van der Waals surface area contributed by atoms with Gasteiger partial charge < -0.3 is 14.8 Å². The molecule has 1 atom stereocenters. The SMILES string of the molecule is O=C(NCC[C@@H]1COc2ccccc2O1)c1cc(C(F)F)[nH]n1. The molecule has 0 radical (unpaired) electrons. The highest BCUT2D eigenvalue weighted by Gasteiger charge is 2.21. The lowest BCUT2D eigenvalue weighted by Gasteiger charge is -2.26. The lowest BCUT2D eigenvalue weighted by molar-refractivity contribution is 0.0811. The van der Waals surface area contributed by atoms with E-state index in [0.717, 1.165) is 6.07 Å². The van der Waals surface area contributed by atoms with Gasteiger partial charge in [0.2, 0.25) is 0 Å². The summed E-state index contributed by atoms with van der Waals surface area (Å²) in [5.41, 5.74) is -0.442. The molecule has 0 bridgehead atoms. The quantitative estimate of drug-likeness (QED) is 0.885. The summed E-state index contributed by atoms with van der Waals surface area (Å²) in [7, 11) is 0. The number of hydrogen-bond acceptors (Lipinski definition) is 4. The number of rotatable bonds is 5. The molecule has 23 heavy (non-hydrogen) atoms. The number of carbonyl (C=O) groups excluding carboxylic acids is 1. The number of hydrogen-bond donors (Lipinski definition) is 2. The summed E-state index contributed by atoms with van der Waals surface area (Å²) in [6.45, 7) is 0.719. The predicted molar refractivity (Wildman–Crippen MR) is 76.8 cm³/mol. The van der Waals surface area contributed by atoms with E-state index in [1.807, 2.05) is 24.3 Å². The molecule has 2 aromatic rings. The van der Waals surface area contributed by atoms with Crippen molar-refractivity contribution in [1.29, 1.82) is 0 Å². The molecule has 8 heteroatoms. The van der Waals surface area contributed by atoms with Crippen molar-refractivity contribution in [3.63, 3.8) is 0 Å². The molecule has 0 fully saturated rings. The zero-order valence-electron chi connectivity index (χ0n) is 12.1. The molecular weight excluding hydrogens is 308 g/mol. The Morgan fingerprint density at radius 3 is 2.91 bits per heavy atom. The number of nitrogens with zero attached hydrogens (tertiary/aromatic N) is 1. The van der Waals surface area contributed by atoms with Gasteiger partial charge in [0.25, 0.3) is 12.3 Å². The third kappa shape index (κ3) is 3.58. The molecule has 0 aliphatic carbocycles. The van der Waals surface area contributed by atoms with Crippen molar-refractivity contribution in [1.82, 2.24) is 15.5 Å². The van der Waals surface area contributed by atoms with Crippen molar-refractivity contribution in [2.45, 2.75) is 19.0 Å². The highest BCUT2D eigenvalue weighted by Crippen LogP contribution is 2.31. The third-order valence-corrected chi connectivity index (χ3v) is 3.38. The fraction of sp³-hybridized carbons (Fsp3) is 0.333. The molecule has 1 aliphatic rings. The molecule has 0 saturated heterocycles. The minimum atomic E-state index is -2.68. The Morgan fingerprint density at radius 1 is 1.39 bits per heavy atom. The van der Waals surface area contributed by atoms with Crippen LogP contribution < -0.4 is 14.8 Å². The van der Waals surface area contributed by atoms with Crippen LogP contribution in [-0.2, 0) is 0 Å². The number of ether oxygens (including phenoxy) is 2. The van der Waals surface area contributed by atoms with Crippen molar-refractivity contribution in [3.05, 3.63) is 41.7 Å². The van der Waals surface area contributed by atoms with Crippen LogP contribution in [0.5, 0.6) is 11.5 Å². The first-order chi connectivity index (χ1) is 11.1. The largest absolute Gasteiger partial charge is 0.486 e. The van der Waals surface area contributed by atoms with E-state index in [9.17, 15) is 13.6 Å². The fourth-order valence-corrected chi connectivity index (χ4v) is 2.21. The second-order valence-corrected chi connectivity index (χ2v) is 5.05. The summed E-state index contributed by atoms with van der Waals surface area (Å²) < 4.78 is 36.2. The summed E-state index contributed by atoms with van der Waals surface area (Å²) in [5.74, 6) is 0.859. The van der Waals surface area contributed by atoms with Gasteiger partial charge in [-0.15, -0.1) is 0 Å². The summed E-state index contributed by atoms with van der Waals surface area (Å²) in [4.78, 5) is 11.8. The van der Waals surface area contributed by atoms with Gasteiger partial charge in [-0.2, -0.15) is 5.10 Å². The molecule has 1 aromatic heterocycles. The number of aromatic amines is 1. The highest BCUT2D eigenvalue weighted by molar-refractivity contribution is 5.92. The second kappa shape index (κ2) is 6.64. The summed E-state index contributed by atoms with van der Waals surface area (Å²) in [6.07, 6.45) is -2.33. The number of carbonyl (C=O) groups is 1. The maximum atomic E-state index is 12.4. The molecule has 2 heterocycles. The average molecular weight is 323 g/mol. The first kappa shape index (κ1) is 15.3. The number of benzene rings is 1. The molecular formula is C15H15F2N3O3. The van der Waals surface area contributed by atoms with Gasteiger partial charge in [0.1, 0.15) is 24.1 Å². The Kier molecular flexibility index (Phi) is 4.40. The Balaban J connectivity index is 1.47. The molecule has 0 unspecified atom stereocenters. The molecule has 1 amide bonds. The van der Waals surface area contributed by atoms with Gasteiger partial charge in [0, 0.05) is 13.0 Å².